The molecular formula is C14H18ClN3O. The molecule has 19 heavy (non-hydrogen) atoms. The van der Waals surface area contributed by atoms with Crippen LogP contribution in [0.25, 0.3) is 0 Å². The van der Waals surface area contributed by atoms with Crippen LogP contribution in [0, 0.1) is 0 Å². The lowest BCUT2D eigenvalue weighted by Gasteiger charge is -2.12. The molecule has 0 aliphatic rings. The van der Waals surface area contributed by atoms with E-state index in [1.54, 1.807) is 7.11 Å². The lowest BCUT2D eigenvalue weighted by Crippen LogP contribution is -2.16. The number of benzene rings is 1. The normalized spacial score (nSPS) is 10.7. The van der Waals surface area contributed by atoms with Crippen LogP contribution in [0.15, 0.2) is 30.6 Å². The van der Waals surface area contributed by atoms with Crippen LogP contribution >= 0.6 is 11.6 Å². The highest BCUT2D eigenvalue weighted by atomic mass is 35.5. The van der Waals surface area contributed by atoms with Gasteiger partial charge >= 0.3 is 0 Å². The quantitative estimate of drug-likeness (QED) is 0.884. The number of nitrogens with one attached hydrogen (secondary N) is 1. The molecule has 5 heteroatoms. The Morgan fingerprint density at radius 2 is 2.26 bits per heavy atom. The van der Waals surface area contributed by atoms with Crippen LogP contribution in [0.4, 0.5) is 0 Å². The monoisotopic (exact) mass is 279 g/mol. The smallest absolute Gasteiger partial charge is 0.123 e. The van der Waals surface area contributed by atoms with Gasteiger partial charge in [0.05, 0.1) is 20.2 Å². The Morgan fingerprint density at radius 1 is 1.42 bits per heavy atom. The van der Waals surface area contributed by atoms with Crippen LogP contribution in [-0.4, -0.2) is 23.2 Å². The van der Waals surface area contributed by atoms with Gasteiger partial charge in [-0.05, 0) is 24.7 Å². The molecule has 4 nitrogen and oxygen atoms in total. The van der Waals surface area contributed by atoms with Crippen molar-refractivity contribution in [1.29, 1.82) is 0 Å². The van der Waals surface area contributed by atoms with Crippen LogP contribution < -0.4 is 10.1 Å². The van der Waals surface area contributed by atoms with Crippen LogP contribution in [0.2, 0.25) is 5.02 Å². The summed E-state index contributed by atoms with van der Waals surface area (Å²) in [6.07, 6.45) is 3.77. The minimum absolute atomic E-state index is 0.699. The van der Waals surface area contributed by atoms with E-state index >= 15 is 0 Å². The fourth-order valence-corrected chi connectivity index (χ4v) is 2.14. The van der Waals surface area contributed by atoms with Crippen molar-refractivity contribution in [3.05, 3.63) is 47.0 Å². The van der Waals surface area contributed by atoms with Crippen LogP contribution in [0.3, 0.4) is 0 Å². The number of ether oxygens (including phenoxy) is 1. The summed E-state index contributed by atoms with van der Waals surface area (Å²) in [5, 5.41) is 3.99. The van der Waals surface area contributed by atoms with Crippen molar-refractivity contribution in [2.45, 2.75) is 20.0 Å². The highest BCUT2D eigenvalue weighted by Gasteiger charge is 2.08. The Labute approximate surface area is 118 Å². The first-order valence-electron chi connectivity index (χ1n) is 6.27. The maximum Gasteiger partial charge on any atom is 0.123 e. The van der Waals surface area contributed by atoms with E-state index in [0.717, 1.165) is 30.2 Å². The van der Waals surface area contributed by atoms with Crippen LogP contribution in [-0.2, 0) is 13.1 Å². The summed E-state index contributed by atoms with van der Waals surface area (Å²) in [4.78, 5) is 4.35. The van der Waals surface area contributed by atoms with Crippen molar-refractivity contribution < 1.29 is 4.74 Å². The zero-order valence-corrected chi connectivity index (χ0v) is 11.9. The van der Waals surface area contributed by atoms with E-state index in [4.69, 9.17) is 16.3 Å². The second-order valence-corrected chi connectivity index (χ2v) is 4.64. The van der Waals surface area contributed by atoms with E-state index in [0.29, 0.717) is 11.6 Å². The molecule has 1 aromatic heterocycles. The Hall–Kier alpha value is -1.52. The highest BCUT2D eigenvalue weighted by molar-refractivity contribution is 6.30. The third-order valence-corrected chi connectivity index (χ3v) is 3.15. The van der Waals surface area contributed by atoms with Gasteiger partial charge in [0.2, 0.25) is 0 Å². The van der Waals surface area contributed by atoms with Crippen LogP contribution in [0.1, 0.15) is 18.3 Å². The fraction of sp³-hybridized carbons (Fsp3) is 0.357. The third kappa shape index (κ3) is 3.49. The van der Waals surface area contributed by atoms with Gasteiger partial charge in [-0.1, -0.05) is 18.5 Å². The minimum Gasteiger partial charge on any atom is -0.496 e. The van der Waals surface area contributed by atoms with Gasteiger partial charge in [-0.3, -0.25) is 0 Å². The van der Waals surface area contributed by atoms with Crippen molar-refractivity contribution in [1.82, 2.24) is 14.9 Å². The van der Waals surface area contributed by atoms with Crippen molar-refractivity contribution in [2.75, 3.05) is 13.7 Å². The molecule has 0 saturated heterocycles. The SMILES string of the molecule is CCNCc1nccn1Cc1cc(Cl)ccc1OC. The first-order chi connectivity index (χ1) is 9.24. The van der Waals surface area contributed by atoms with E-state index in [-0.39, 0.29) is 0 Å². The standard InChI is InChI=1S/C14H18ClN3O/c1-3-16-9-14-17-6-7-18(14)10-11-8-12(15)4-5-13(11)19-2/h4-8,16H,3,9-10H2,1-2H3. The molecule has 1 aromatic carbocycles. The average molecular weight is 280 g/mol. The van der Waals surface area contributed by atoms with Crippen LogP contribution in [0.5, 0.6) is 5.75 Å². The molecule has 0 fully saturated rings. The number of imidazole rings is 1. The lowest BCUT2D eigenvalue weighted by molar-refractivity contribution is 0.408. The first kappa shape index (κ1) is 13.9. The predicted molar refractivity (Wildman–Crippen MR) is 76.7 cm³/mol. The molecule has 0 bridgehead atoms. The Balaban J connectivity index is 2.21. The average Bonchev–Trinajstić information content (AvgIpc) is 2.84. The topological polar surface area (TPSA) is 39.1 Å². The molecule has 0 radical (unpaired) electrons. The minimum atomic E-state index is 0.699. The number of aromatic nitrogens is 2. The van der Waals surface area contributed by atoms with Gasteiger partial charge in [0.15, 0.2) is 0 Å². The Morgan fingerprint density at radius 3 is 3.00 bits per heavy atom. The zero-order chi connectivity index (χ0) is 13.7. The highest BCUT2D eigenvalue weighted by Crippen LogP contribution is 2.23. The van der Waals surface area contributed by atoms with Gasteiger partial charge in [-0.2, -0.15) is 0 Å². The number of hydrogen-bond donors (Lipinski definition) is 1. The Bertz CT molecular complexity index is 539. The molecule has 2 aromatic rings. The summed E-state index contributed by atoms with van der Waals surface area (Å²) in [6.45, 7) is 4.46. The van der Waals surface area contributed by atoms with Gasteiger partial charge in [-0.15, -0.1) is 0 Å². The molecule has 0 aliphatic heterocycles. The molecule has 0 saturated carbocycles. The molecule has 0 amide bonds. The summed E-state index contributed by atoms with van der Waals surface area (Å²) in [5.74, 6) is 1.84. The second kappa shape index (κ2) is 6.59. The molecule has 0 unspecified atom stereocenters. The van der Waals surface area contributed by atoms with Crippen molar-refractivity contribution in [3.63, 3.8) is 0 Å². The molecule has 1 N–H and O–H groups in total. The van der Waals surface area contributed by atoms with Crippen molar-refractivity contribution >= 4 is 11.6 Å². The maximum atomic E-state index is 6.04. The van der Waals surface area contributed by atoms with E-state index in [9.17, 15) is 0 Å². The summed E-state index contributed by atoms with van der Waals surface area (Å²) in [5.41, 5.74) is 1.05. The lowest BCUT2D eigenvalue weighted by atomic mass is 10.2. The van der Waals surface area contributed by atoms with Gasteiger partial charge < -0.3 is 14.6 Å². The molecule has 0 atom stereocenters. The summed E-state index contributed by atoms with van der Waals surface area (Å²) < 4.78 is 7.46. The van der Waals surface area contributed by atoms with Gasteiger partial charge in [0.1, 0.15) is 11.6 Å². The van der Waals surface area contributed by atoms with Gasteiger partial charge in [0.25, 0.3) is 0 Å². The van der Waals surface area contributed by atoms with E-state index in [1.165, 1.54) is 0 Å². The molecule has 1 heterocycles. The number of rotatable bonds is 6. The molecule has 2 rings (SSSR count). The molecule has 0 spiro atoms. The Kier molecular flexibility index (Phi) is 4.82. The summed E-state index contributed by atoms with van der Waals surface area (Å²) >= 11 is 6.04. The fourth-order valence-electron chi connectivity index (χ4n) is 1.94. The summed E-state index contributed by atoms with van der Waals surface area (Å²) in [6, 6.07) is 5.65. The number of halogens is 1. The van der Waals surface area contributed by atoms with Crippen molar-refractivity contribution in [3.8, 4) is 5.75 Å². The maximum absolute atomic E-state index is 6.04. The number of hydrogen-bond acceptors (Lipinski definition) is 3. The molecular weight excluding hydrogens is 262 g/mol. The van der Waals surface area contributed by atoms with Gasteiger partial charge in [0, 0.05) is 23.0 Å². The predicted octanol–water partition coefficient (Wildman–Crippen LogP) is 2.70. The second-order valence-electron chi connectivity index (χ2n) is 4.21. The molecule has 102 valence electrons. The summed E-state index contributed by atoms with van der Waals surface area (Å²) in [7, 11) is 1.67. The van der Waals surface area contributed by atoms with Crippen molar-refractivity contribution in [2.24, 2.45) is 0 Å². The largest absolute Gasteiger partial charge is 0.496 e. The first-order valence-corrected chi connectivity index (χ1v) is 6.65. The number of nitrogens with zero attached hydrogens (tertiary/aromatic N) is 2. The van der Waals surface area contributed by atoms with Gasteiger partial charge in [-0.25, -0.2) is 4.98 Å². The molecule has 0 aliphatic carbocycles. The van der Waals surface area contributed by atoms with E-state index in [2.05, 4.69) is 21.8 Å². The zero-order valence-electron chi connectivity index (χ0n) is 11.2. The third-order valence-electron chi connectivity index (χ3n) is 2.92. The van der Waals surface area contributed by atoms with E-state index < -0.39 is 0 Å². The van der Waals surface area contributed by atoms with E-state index in [1.807, 2.05) is 30.6 Å². The number of methoxy groups -OCH3 is 1.